The van der Waals surface area contributed by atoms with E-state index in [0.717, 1.165) is 25.0 Å². The lowest BCUT2D eigenvalue weighted by molar-refractivity contribution is 0.103. The minimum absolute atomic E-state index is 0.0392. The predicted molar refractivity (Wildman–Crippen MR) is 69.4 cm³/mol. The number of nitrogens with zero attached hydrogens (tertiary/aromatic N) is 2. The van der Waals surface area contributed by atoms with Gasteiger partial charge in [-0.05, 0) is 25.3 Å². The number of aryl methyl sites for hydroxylation is 1. The van der Waals surface area contributed by atoms with Crippen molar-refractivity contribution in [2.24, 2.45) is 5.73 Å². The van der Waals surface area contributed by atoms with Crippen LogP contribution in [0.25, 0.3) is 0 Å². The van der Waals surface area contributed by atoms with Gasteiger partial charge in [0.15, 0.2) is 0 Å². The zero-order valence-corrected chi connectivity index (χ0v) is 10.9. The van der Waals surface area contributed by atoms with Crippen LogP contribution in [0.2, 0.25) is 0 Å². The molecule has 1 saturated heterocycles. The van der Waals surface area contributed by atoms with Gasteiger partial charge in [-0.2, -0.15) is 4.98 Å². The van der Waals surface area contributed by atoms with Gasteiger partial charge < -0.3 is 15.0 Å². The molecule has 2 aromatic rings. The number of rotatable bonds is 3. The van der Waals surface area contributed by atoms with Crippen molar-refractivity contribution in [3.63, 3.8) is 0 Å². The van der Waals surface area contributed by atoms with E-state index in [-0.39, 0.29) is 12.1 Å². The van der Waals surface area contributed by atoms with Crippen molar-refractivity contribution in [3.05, 3.63) is 47.1 Å². The van der Waals surface area contributed by atoms with Gasteiger partial charge in [-0.1, -0.05) is 35.0 Å². The Kier molecular flexibility index (Phi) is 3.31. The van der Waals surface area contributed by atoms with Crippen molar-refractivity contribution in [2.75, 3.05) is 6.61 Å². The summed E-state index contributed by atoms with van der Waals surface area (Å²) in [5.74, 6) is 1.05. The molecule has 2 heterocycles. The molecule has 100 valence electrons. The van der Waals surface area contributed by atoms with Gasteiger partial charge in [0.1, 0.15) is 12.1 Å². The summed E-state index contributed by atoms with van der Waals surface area (Å²) in [5, 5.41) is 3.97. The van der Waals surface area contributed by atoms with Crippen LogP contribution < -0.4 is 5.73 Å². The average molecular weight is 259 g/mol. The highest BCUT2D eigenvalue weighted by Gasteiger charge is 2.25. The Morgan fingerprint density at radius 2 is 2.11 bits per heavy atom. The van der Waals surface area contributed by atoms with Gasteiger partial charge in [-0.15, -0.1) is 0 Å². The molecule has 2 N–H and O–H groups in total. The van der Waals surface area contributed by atoms with E-state index in [0.29, 0.717) is 11.7 Å². The Morgan fingerprint density at radius 3 is 2.79 bits per heavy atom. The van der Waals surface area contributed by atoms with Crippen molar-refractivity contribution >= 4 is 0 Å². The normalized spacial score (nSPS) is 20.6. The lowest BCUT2D eigenvalue weighted by Crippen LogP contribution is -2.12. The van der Waals surface area contributed by atoms with Gasteiger partial charge >= 0.3 is 0 Å². The smallest absolute Gasteiger partial charge is 0.248 e. The summed E-state index contributed by atoms with van der Waals surface area (Å²) in [6.45, 7) is 2.80. The summed E-state index contributed by atoms with van der Waals surface area (Å²) in [6.07, 6.45) is 1.94. The predicted octanol–water partition coefficient (Wildman–Crippen LogP) is 2.28. The van der Waals surface area contributed by atoms with Crippen LogP contribution in [-0.4, -0.2) is 16.7 Å². The number of aromatic nitrogens is 2. The minimum Gasteiger partial charge on any atom is -0.370 e. The Bertz CT molecular complexity index is 544. The molecule has 0 amide bonds. The number of ether oxygens (including phenoxy) is 1. The van der Waals surface area contributed by atoms with Gasteiger partial charge in [0, 0.05) is 6.61 Å². The number of hydrogen-bond donors (Lipinski definition) is 1. The molecule has 5 nitrogen and oxygen atoms in total. The topological polar surface area (TPSA) is 74.2 Å². The molecule has 1 aliphatic heterocycles. The summed E-state index contributed by atoms with van der Waals surface area (Å²) in [7, 11) is 0. The Labute approximate surface area is 111 Å². The summed E-state index contributed by atoms with van der Waals surface area (Å²) in [4.78, 5) is 4.36. The fourth-order valence-corrected chi connectivity index (χ4v) is 2.20. The molecular formula is C14H17N3O2. The number of benzene rings is 1. The monoisotopic (exact) mass is 259 g/mol. The summed E-state index contributed by atoms with van der Waals surface area (Å²) in [5.41, 5.74) is 8.30. The van der Waals surface area contributed by atoms with Crippen molar-refractivity contribution in [3.8, 4) is 0 Å². The van der Waals surface area contributed by atoms with Crippen molar-refractivity contribution in [2.45, 2.75) is 31.9 Å². The molecule has 19 heavy (non-hydrogen) atoms. The van der Waals surface area contributed by atoms with Crippen molar-refractivity contribution in [1.29, 1.82) is 0 Å². The third-order valence-corrected chi connectivity index (χ3v) is 3.38. The molecule has 0 radical (unpaired) electrons. The third kappa shape index (κ3) is 2.52. The lowest BCUT2D eigenvalue weighted by Gasteiger charge is -2.07. The largest absolute Gasteiger partial charge is 0.370 e. The van der Waals surface area contributed by atoms with Gasteiger partial charge in [0.05, 0.1) is 0 Å². The van der Waals surface area contributed by atoms with Crippen LogP contribution in [0, 0.1) is 6.92 Å². The van der Waals surface area contributed by atoms with Gasteiger partial charge in [-0.25, -0.2) is 0 Å². The van der Waals surface area contributed by atoms with Crippen molar-refractivity contribution in [1.82, 2.24) is 10.1 Å². The van der Waals surface area contributed by atoms with E-state index in [1.54, 1.807) is 0 Å². The van der Waals surface area contributed by atoms with Gasteiger partial charge in [0.2, 0.25) is 11.7 Å². The van der Waals surface area contributed by atoms with Crippen LogP contribution in [0.5, 0.6) is 0 Å². The SMILES string of the molecule is Cc1ccc(C(N)c2nc(C3CCCO3)no2)cc1. The lowest BCUT2D eigenvalue weighted by atomic mass is 10.1. The quantitative estimate of drug-likeness (QED) is 0.915. The first kappa shape index (κ1) is 12.3. The van der Waals surface area contributed by atoms with Crippen LogP contribution in [0.3, 0.4) is 0 Å². The Morgan fingerprint density at radius 1 is 1.32 bits per heavy atom. The van der Waals surface area contributed by atoms with Crippen LogP contribution in [-0.2, 0) is 4.74 Å². The van der Waals surface area contributed by atoms with Crippen molar-refractivity contribution < 1.29 is 9.26 Å². The molecule has 1 aromatic heterocycles. The average Bonchev–Trinajstić information content (AvgIpc) is 3.10. The highest BCUT2D eigenvalue weighted by molar-refractivity contribution is 5.27. The zero-order chi connectivity index (χ0) is 13.2. The summed E-state index contributed by atoms with van der Waals surface area (Å²) >= 11 is 0. The maximum atomic E-state index is 6.14. The molecule has 0 saturated carbocycles. The molecule has 1 fully saturated rings. The molecule has 2 atom stereocenters. The molecule has 1 aliphatic rings. The van der Waals surface area contributed by atoms with E-state index in [9.17, 15) is 0 Å². The van der Waals surface area contributed by atoms with Crippen LogP contribution >= 0.6 is 0 Å². The van der Waals surface area contributed by atoms with E-state index in [2.05, 4.69) is 10.1 Å². The fraction of sp³-hybridized carbons (Fsp3) is 0.429. The molecular weight excluding hydrogens is 242 g/mol. The second kappa shape index (κ2) is 5.11. The summed E-state index contributed by atoms with van der Waals surface area (Å²) < 4.78 is 10.8. The second-order valence-electron chi connectivity index (χ2n) is 4.88. The van der Waals surface area contributed by atoms with E-state index in [4.69, 9.17) is 15.0 Å². The molecule has 1 aromatic carbocycles. The number of nitrogens with two attached hydrogens (primary N) is 1. The molecule has 0 aliphatic carbocycles. The molecule has 0 bridgehead atoms. The van der Waals surface area contributed by atoms with Crippen LogP contribution in [0.4, 0.5) is 0 Å². The van der Waals surface area contributed by atoms with E-state index >= 15 is 0 Å². The van der Waals surface area contributed by atoms with Crippen LogP contribution in [0.15, 0.2) is 28.8 Å². The first-order valence-electron chi connectivity index (χ1n) is 6.51. The highest BCUT2D eigenvalue weighted by atomic mass is 16.5. The molecule has 5 heteroatoms. The summed E-state index contributed by atoms with van der Waals surface area (Å²) in [6, 6.07) is 7.62. The maximum Gasteiger partial charge on any atom is 0.248 e. The fourth-order valence-electron chi connectivity index (χ4n) is 2.20. The highest BCUT2D eigenvalue weighted by Crippen LogP contribution is 2.27. The molecule has 3 rings (SSSR count). The number of hydrogen-bond acceptors (Lipinski definition) is 5. The van der Waals surface area contributed by atoms with E-state index < -0.39 is 0 Å². The van der Waals surface area contributed by atoms with E-state index in [1.807, 2.05) is 31.2 Å². The van der Waals surface area contributed by atoms with Gasteiger partial charge in [0.25, 0.3) is 0 Å². The third-order valence-electron chi connectivity index (χ3n) is 3.38. The van der Waals surface area contributed by atoms with E-state index in [1.165, 1.54) is 5.56 Å². The maximum absolute atomic E-state index is 6.14. The zero-order valence-electron chi connectivity index (χ0n) is 10.9. The minimum atomic E-state index is -0.386. The standard InChI is InChI=1S/C14H17N3O2/c1-9-4-6-10(7-5-9)12(15)14-16-13(17-19-14)11-3-2-8-18-11/h4-7,11-12H,2-3,8,15H2,1H3. The van der Waals surface area contributed by atoms with Gasteiger partial charge in [-0.3, -0.25) is 0 Å². The first-order valence-corrected chi connectivity index (χ1v) is 6.51. The second-order valence-corrected chi connectivity index (χ2v) is 4.88. The molecule has 0 spiro atoms. The van der Waals surface area contributed by atoms with Crippen LogP contribution in [0.1, 0.15) is 47.8 Å². The Balaban J connectivity index is 1.79. The first-order chi connectivity index (χ1) is 9.24. The Hall–Kier alpha value is -1.72. The molecule has 2 unspecified atom stereocenters.